The molecule has 5 heteroatoms. The maximum absolute atomic E-state index is 11.4. The van der Waals surface area contributed by atoms with Gasteiger partial charge in [-0.2, -0.15) is 0 Å². The van der Waals surface area contributed by atoms with Gasteiger partial charge >= 0.3 is 5.97 Å². The number of carboxylic acids is 1. The molecule has 1 fully saturated rings. The molecule has 0 aliphatic heterocycles. The third-order valence-electron chi connectivity index (χ3n) is 3.47. The summed E-state index contributed by atoms with van der Waals surface area (Å²) in [5.74, 6) is -0.836. The van der Waals surface area contributed by atoms with E-state index < -0.39 is 21.2 Å². The van der Waals surface area contributed by atoms with Gasteiger partial charge in [0.2, 0.25) is 0 Å². The highest BCUT2D eigenvalue weighted by molar-refractivity contribution is 7.90. The molecule has 0 aromatic heterocycles. The van der Waals surface area contributed by atoms with E-state index in [-0.39, 0.29) is 12.2 Å². The number of hydrogen-bond donors (Lipinski definition) is 1. The van der Waals surface area contributed by atoms with Gasteiger partial charge in [0, 0.05) is 6.26 Å². The minimum Gasteiger partial charge on any atom is -0.481 e. The van der Waals surface area contributed by atoms with Gasteiger partial charge in [-0.3, -0.25) is 4.79 Å². The van der Waals surface area contributed by atoms with Crippen LogP contribution in [0.15, 0.2) is 0 Å². The molecule has 0 spiro atoms. The van der Waals surface area contributed by atoms with Crippen LogP contribution in [0, 0.1) is 5.41 Å². The highest BCUT2D eigenvalue weighted by atomic mass is 32.2. The van der Waals surface area contributed by atoms with Crippen molar-refractivity contribution in [2.24, 2.45) is 5.41 Å². The van der Waals surface area contributed by atoms with Gasteiger partial charge < -0.3 is 5.11 Å². The van der Waals surface area contributed by atoms with Gasteiger partial charge in [-0.15, -0.1) is 0 Å². The summed E-state index contributed by atoms with van der Waals surface area (Å²) in [6, 6.07) is 0. The Morgan fingerprint density at radius 2 is 1.69 bits per heavy atom. The first kappa shape index (κ1) is 13.5. The minimum atomic E-state index is -3.07. The smallest absolute Gasteiger partial charge is 0.309 e. The van der Waals surface area contributed by atoms with Crippen LogP contribution in [-0.2, 0) is 14.6 Å². The van der Waals surface area contributed by atoms with E-state index in [1.165, 1.54) is 6.26 Å². The molecule has 4 nitrogen and oxygen atoms in total. The van der Waals surface area contributed by atoms with Crippen LogP contribution in [0.2, 0.25) is 0 Å². The molecule has 1 saturated carbocycles. The van der Waals surface area contributed by atoms with Crippen molar-refractivity contribution in [3.8, 4) is 0 Å². The molecule has 94 valence electrons. The molecule has 0 saturated heterocycles. The molecule has 0 heterocycles. The Kier molecular flexibility index (Phi) is 4.35. The number of aliphatic carboxylic acids is 1. The van der Waals surface area contributed by atoms with E-state index in [4.69, 9.17) is 0 Å². The molecule has 1 rings (SSSR count). The van der Waals surface area contributed by atoms with Crippen molar-refractivity contribution < 1.29 is 18.3 Å². The summed E-state index contributed by atoms with van der Waals surface area (Å²) in [7, 11) is -3.07. The lowest BCUT2D eigenvalue weighted by Crippen LogP contribution is -2.32. The zero-order valence-electron chi connectivity index (χ0n) is 9.74. The van der Waals surface area contributed by atoms with Crippen molar-refractivity contribution in [1.82, 2.24) is 0 Å². The summed E-state index contributed by atoms with van der Waals surface area (Å²) in [5.41, 5.74) is -0.792. The van der Waals surface area contributed by atoms with Crippen LogP contribution >= 0.6 is 0 Å². The van der Waals surface area contributed by atoms with Crippen molar-refractivity contribution in [1.29, 1.82) is 0 Å². The first-order valence-corrected chi connectivity index (χ1v) is 7.83. The maximum Gasteiger partial charge on any atom is 0.309 e. The molecule has 0 radical (unpaired) electrons. The van der Waals surface area contributed by atoms with Crippen LogP contribution < -0.4 is 0 Å². The van der Waals surface area contributed by atoms with E-state index in [1.54, 1.807) is 0 Å². The minimum absolute atomic E-state index is 0.0146. The molecule has 0 aromatic rings. The zero-order valence-corrected chi connectivity index (χ0v) is 10.6. The van der Waals surface area contributed by atoms with Gasteiger partial charge in [-0.1, -0.05) is 25.7 Å². The second kappa shape index (κ2) is 5.17. The fourth-order valence-electron chi connectivity index (χ4n) is 2.36. The summed E-state index contributed by atoms with van der Waals surface area (Å²) < 4.78 is 22.3. The Bertz CT molecular complexity index is 337. The lowest BCUT2D eigenvalue weighted by atomic mass is 9.78. The number of hydrogen-bond acceptors (Lipinski definition) is 3. The maximum atomic E-state index is 11.4. The third kappa shape index (κ3) is 3.77. The Morgan fingerprint density at radius 1 is 1.19 bits per heavy atom. The average molecular weight is 248 g/mol. The van der Waals surface area contributed by atoms with Crippen LogP contribution in [0.4, 0.5) is 0 Å². The Labute approximate surface area is 97.0 Å². The number of sulfone groups is 1. The van der Waals surface area contributed by atoms with Crippen molar-refractivity contribution in [3.05, 3.63) is 0 Å². The van der Waals surface area contributed by atoms with Crippen molar-refractivity contribution in [2.45, 2.75) is 44.9 Å². The predicted octanol–water partition coefficient (Wildman–Crippen LogP) is 1.85. The molecule has 0 unspecified atom stereocenters. The third-order valence-corrected chi connectivity index (χ3v) is 4.41. The number of carbonyl (C=O) groups is 1. The van der Waals surface area contributed by atoms with Crippen LogP contribution in [0.1, 0.15) is 44.9 Å². The van der Waals surface area contributed by atoms with Crippen molar-refractivity contribution >= 4 is 15.8 Å². The molecule has 1 N–H and O–H groups in total. The second-order valence-electron chi connectivity index (χ2n) is 4.88. The average Bonchev–Trinajstić information content (AvgIpc) is 2.39. The largest absolute Gasteiger partial charge is 0.481 e. The Morgan fingerprint density at radius 3 is 2.06 bits per heavy atom. The number of carboxylic acid groups (broad SMARTS) is 1. The normalized spacial score (nSPS) is 21.3. The molecule has 0 amide bonds. The quantitative estimate of drug-likeness (QED) is 0.771. The molecular weight excluding hydrogens is 228 g/mol. The molecule has 1 aliphatic carbocycles. The van der Waals surface area contributed by atoms with E-state index in [2.05, 4.69) is 0 Å². The highest BCUT2D eigenvalue weighted by Crippen LogP contribution is 2.38. The van der Waals surface area contributed by atoms with Gasteiger partial charge in [0.15, 0.2) is 0 Å². The fourth-order valence-corrected chi connectivity index (χ4v) is 3.12. The van der Waals surface area contributed by atoms with E-state index in [0.29, 0.717) is 12.8 Å². The molecule has 0 aromatic carbocycles. The first-order valence-electron chi connectivity index (χ1n) is 5.77. The van der Waals surface area contributed by atoms with E-state index in [0.717, 1.165) is 25.7 Å². The topological polar surface area (TPSA) is 71.4 Å². The summed E-state index contributed by atoms with van der Waals surface area (Å²) in [6.07, 6.45) is 6.60. The summed E-state index contributed by atoms with van der Waals surface area (Å²) >= 11 is 0. The summed E-state index contributed by atoms with van der Waals surface area (Å²) in [4.78, 5) is 11.4. The first-order chi connectivity index (χ1) is 7.36. The monoisotopic (exact) mass is 248 g/mol. The van der Waals surface area contributed by atoms with E-state index in [9.17, 15) is 18.3 Å². The van der Waals surface area contributed by atoms with Crippen LogP contribution in [0.5, 0.6) is 0 Å². The summed E-state index contributed by atoms with van der Waals surface area (Å²) in [6.45, 7) is 0. The molecule has 0 atom stereocenters. The van der Waals surface area contributed by atoms with Crippen LogP contribution in [0.25, 0.3) is 0 Å². The van der Waals surface area contributed by atoms with Gasteiger partial charge in [0.1, 0.15) is 9.84 Å². The Balaban J connectivity index is 2.75. The lowest BCUT2D eigenvalue weighted by Gasteiger charge is -2.27. The van der Waals surface area contributed by atoms with Crippen molar-refractivity contribution in [2.75, 3.05) is 12.0 Å². The fraction of sp³-hybridized carbons (Fsp3) is 0.909. The molecular formula is C11H20O4S. The second-order valence-corrected chi connectivity index (χ2v) is 7.14. The van der Waals surface area contributed by atoms with Gasteiger partial charge in [-0.25, -0.2) is 8.42 Å². The van der Waals surface area contributed by atoms with Gasteiger partial charge in [0.25, 0.3) is 0 Å². The standard InChI is InChI=1S/C11H20O4S/c1-16(14,15)9-8-11(10(12)13)6-4-2-3-5-7-11/h2-9H2,1H3,(H,12,13). The van der Waals surface area contributed by atoms with Gasteiger partial charge in [-0.05, 0) is 19.3 Å². The van der Waals surface area contributed by atoms with Crippen molar-refractivity contribution in [3.63, 3.8) is 0 Å². The van der Waals surface area contributed by atoms with E-state index >= 15 is 0 Å². The summed E-state index contributed by atoms with van der Waals surface area (Å²) in [5, 5.41) is 9.32. The van der Waals surface area contributed by atoms with Crippen LogP contribution in [0.3, 0.4) is 0 Å². The Hall–Kier alpha value is -0.580. The van der Waals surface area contributed by atoms with E-state index in [1.807, 2.05) is 0 Å². The zero-order chi connectivity index (χ0) is 12.2. The predicted molar refractivity (Wildman–Crippen MR) is 62.1 cm³/mol. The number of rotatable bonds is 4. The van der Waals surface area contributed by atoms with Crippen LogP contribution in [-0.4, -0.2) is 31.5 Å². The molecule has 16 heavy (non-hydrogen) atoms. The lowest BCUT2D eigenvalue weighted by molar-refractivity contribution is -0.150. The molecule has 1 aliphatic rings. The molecule has 0 bridgehead atoms. The van der Waals surface area contributed by atoms with Gasteiger partial charge in [0.05, 0.1) is 11.2 Å². The SMILES string of the molecule is CS(=O)(=O)CCC1(C(=O)O)CCCCCC1. The highest BCUT2D eigenvalue weighted by Gasteiger charge is 2.38.